The van der Waals surface area contributed by atoms with E-state index >= 15 is 0 Å². The van der Waals surface area contributed by atoms with E-state index < -0.39 is 17.1 Å². The summed E-state index contributed by atoms with van der Waals surface area (Å²) in [6.45, 7) is 3.57. The van der Waals surface area contributed by atoms with Crippen molar-refractivity contribution in [3.8, 4) is 5.75 Å². The molecule has 2 N–H and O–H groups in total. The molecule has 1 aromatic heterocycles. The second kappa shape index (κ2) is 7.60. The van der Waals surface area contributed by atoms with E-state index in [-0.39, 0.29) is 6.54 Å². The zero-order chi connectivity index (χ0) is 16.8. The summed E-state index contributed by atoms with van der Waals surface area (Å²) < 4.78 is 1.40. The summed E-state index contributed by atoms with van der Waals surface area (Å²) in [5, 5.41) is 18.5. The number of nitrogens with zero attached hydrogens (tertiary/aromatic N) is 2. The van der Waals surface area contributed by atoms with Crippen molar-refractivity contribution in [1.29, 1.82) is 0 Å². The molecule has 0 spiro atoms. The van der Waals surface area contributed by atoms with Crippen molar-refractivity contribution >= 4 is 5.97 Å². The lowest BCUT2D eigenvalue weighted by atomic mass is 10.2. The van der Waals surface area contributed by atoms with Crippen LogP contribution in [0.25, 0.3) is 0 Å². The Morgan fingerprint density at radius 2 is 1.91 bits per heavy atom. The Labute approximate surface area is 134 Å². The smallest absolute Gasteiger partial charge is 0.323 e. The number of hydrogen-bond acceptors (Lipinski definition) is 4. The Bertz CT molecular complexity index is 725. The molecule has 1 heterocycles. The van der Waals surface area contributed by atoms with Gasteiger partial charge in [0, 0.05) is 24.8 Å². The Hall–Kier alpha value is -2.60. The van der Waals surface area contributed by atoms with Gasteiger partial charge in [-0.15, -0.1) is 0 Å². The molecule has 0 radical (unpaired) electrons. The average molecular weight is 316 g/mol. The predicted molar refractivity (Wildman–Crippen MR) is 86.2 cm³/mol. The Morgan fingerprint density at radius 1 is 1.22 bits per heavy atom. The van der Waals surface area contributed by atoms with Gasteiger partial charge in [0.2, 0.25) is 5.43 Å². The van der Waals surface area contributed by atoms with Crippen LogP contribution in [0.15, 0.2) is 47.4 Å². The zero-order valence-corrected chi connectivity index (χ0v) is 13.0. The van der Waals surface area contributed by atoms with Crippen molar-refractivity contribution in [3.63, 3.8) is 0 Å². The molecule has 0 amide bonds. The van der Waals surface area contributed by atoms with Crippen molar-refractivity contribution in [1.82, 2.24) is 9.47 Å². The van der Waals surface area contributed by atoms with Crippen molar-refractivity contribution in [2.24, 2.45) is 0 Å². The van der Waals surface area contributed by atoms with Crippen LogP contribution in [0.4, 0.5) is 0 Å². The van der Waals surface area contributed by atoms with E-state index in [1.54, 1.807) is 0 Å². The van der Waals surface area contributed by atoms with Gasteiger partial charge in [-0.05, 0) is 12.1 Å². The first-order valence-electron chi connectivity index (χ1n) is 7.40. The van der Waals surface area contributed by atoms with Crippen LogP contribution in [0.1, 0.15) is 18.2 Å². The second-order valence-corrected chi connectivity index (χ2v) is 5.32. The van der Waals surface area contributed by atoms with E-state index in [2.05, 4.69) is 4.90 Å². The summed E-state index contributed by atoms with van der Waals surface area (Å²) in [7, 11) is 0. The predicted octanol–water partition coefficient (Wildman–Crippen LogP) is 1.66. The van der Waals surface area contributed by atoms with Gasteiger partial charge in [-0.1, -0.05) is 37.3 Å². The van der Waals surface area contributed by atoms with Gasteiger partial charge < -0.3 is 14.8 Å². The number of pyridine rings is 1. The molecule has 0 saturated heterocycles. The monoisotopic (exact) mass is 316 g/mol. The molecule has 23 heavy (non-hydrogen) atoms. The third-order valence-corrected chi connectivity index (χ3v) is 3.58. The minimum atomic E-state index is -1.03. The maximum Gasteiger partial charge on any atom is 0.323 e. The van der Waals surface area contributed by atoms with Gasteiger partial charge in [-0.2, -0.15) is 0 Å². The first kappa shape index (κ1) is 16.8. The fourth-order valence-electron chi connectivity index (χ4n) is 2.38. The summed E-state index contributed by atoms with van der Waals surface area (Å²) in [4.78, 5) is 24.7. The first-order valence-corrected chi connectivity index (χ1v) is 7.40. The van der Waals surface area contributed by atoms with Gasteiger partial charge in [0.15, 0.2) is 5.75 Å². The molecule has 0 aliphatic rings. The summed E-state index contributed by atoms with van der Waals surface area (Å²) in [6.07, 6.45) is 1.18. The highest BCUT2D eigenvalue weighted by Gasteiger charge is 2.12. The van der Waals surface area contributed by atoms with Crippen LogP contribution in [0.3, 0.4) is 0 Å². The van der Waals surface area contributed by atoms with Gasteiger partial charge in [-0.25, -0.2) is 0 Å². The highest BCUT2D eigenvalue weighted by molar-refractivity contribution is 5.66. The van der Waals surface area contributed by atoms with Crippen LogP contribution >= 0.6 is 0 Å². The molecule has 0 bridgehead atoms. The number of hydrogen-bond donors (Lipinski definition) is 2. The molecule has 2 aromatic rings. The number of rotatable bonds is 7. The van der Waals surface area contributed by atoms with E-state index in [1.165, 1.54) is 16.8 Å². The quantitative estimate of drug-likeness (QED) is 0.812. The van der Waals surface area contributed by atoms with Crippen LogP contribution in [0.5, 0.6) is 5.75 Å². The van der Waals surface area contributed by atoms with Gasteiger partial charge in [0.05, 0.1) is 6.20 Å². The first-order chi connectivity index (χ1) is 11.0. The minimum absolute atomic E-state index is 0.300. The van der Waals surface area contributed by atoms with Crippen LogP contribution in [-0.4, -0.2) is 32.2 Å². The maximum absolute atomic E-state index is 11.7. The van der Waals surface area contributed by atoms with Crippen LogP contribution in [-0.2, 0) is 24.4 Å². The van der Waals surface area contributed by atoms with E-state index in [9.17, 15) is 14.7 Å². The maximum atomic E-state index is 11.7. The second-order valence-electron chi connectivity index (χ2n) is 5.32. The lowest BCUT2D eigenvalue weighted by Gasteiger charge is -2.22. The number of aromatic nitrogens is 1. The molecule has 0 aliphatic heterocycles. The van der Waals surface area contributed by atoms with Crippen molar-refractivity contribution < 1.29 is 15.0 Å². The number of carboxylic acid groups (broad SMARTS) is 1. The Morgan fingerprint density at radius 3 is 2.52 bits per heavy atom. The Kier molecular flexibility index (Phi) is 5.54. The zero-order valence-electron chi connectivity index (χ0n) is 13.0. The summed E-state index contributed by atoms with van der Waals surface area (Å²) in [5.41, 5.74) is 1.20. The van der Waals surface area contributed by atoms with Crippen LogP contribution in [0, 0.1) is 0 Å². The lowest BCUT2D eigenvalue weighted by molar-refractivity contribution is -0.137. The standard InChI is InChI=1S/C17H20N2O4/c1-2-18(9-13-6-4-3-5-7-13)10-14-8-15(20)16(21)11-19(14)12-17(22)23/h3-8,11,21H,2,9-10,12H2,1H3,(H,22,23). The molecule has 6 nitrogen and oxygen atoms in total. The normalized spacial score (nSPS) is 10.9. The minimum Gasteiger partial charge on any atom is -0.503 e. The third kappa shape index (κ3) is 4.69. The largest absolute Gasteiger partial charge is 0.503 e. The molecule has 2 rings (SSSR count). The SMILES string of the molecule is CCN(Cc1ccccc1)Cc1cc(=O)c(O)cn1CC(=O)O. The number of carbonyl (C=O) groups is 1. The number of aromatic hydroxyl groups is 1. The topological polar surface area (TPSA) is 82.8 Å². The molecular formula is C17H20N2O4. The number of aliphatic carboxylic acids is 1. The molecule has 0 saturated carbocycles. The molecule has 0 fully saturated rings. The molecule has 122 valence electrons. The van der Waals surface area contributed by atoms with Crippen LogP contribution < -0.4 is 5.43 Å². The molecule has 0 aliphatic carbocycles. The van der Waals surface area contributed by atoms with E-state index in [4.69, 9.17) is 5.11 Å². The van der Waals surface area contributed by atoms with E-state index in [0.29, 0.717) is 18.8 Å². The fourth-order valence-corrected chi connectivity index (χ4v) is 2.38. The van der Waals surface area contributed by atoms with Gasteiger partial charge in [0.1, 0.15) is 6.54 Å². The number of carboxylic acids is 1. The Balaban J connectivity index is 2.24. The molecule has 0 unspecified atom stereocenters. The van der Waals surface area contributed by atoms with E-state index in [0.717, 1.165) is 12.1 Å². The lowest BCUT2D eigenvalue weighted by Crippen LogP contribution is -2.26. The molecule has 6 heteroatoms. The van der Waals surface area contributed by atoms with Gasteiger partial charge in [0.25, 0.3) is 0 Å². The van der Waals surface area contributed by atoms with Crippen molar-refractivity contribution in [3.05, 3.63) is 64.1 Å². The summed E-state index contributed by atoms with van der Waals surface area (Å²) >= 11 is 0. The molecule has 1 aromatic carbocycles. The number of benzene rings is 1. The third-order valence-electron chi connectivity index (χ3n) is 3.58. The van der Waals surface area contributed by atoms with Crippen molar-refractivity contribution in [2.45, 2.75) is 26.6 Å². The average Bonchev–Trinajstić information content (AvgIpc) is 2.52. The summed E-state index contributed by atoms with van der Waals surface area (Å²) in [5.74, 6) is -1.47. The highest BCUT2D eigenvalue weighted by atomic mass is 16.4. The summed E-state index contributed by atoms with van der Waals surface area (Å²) in [6, 6.07) is 11.2. The van der Waals surface area contributed by atoms with Crippen molar-refractivity contribution in [2.75, 3.05) is 6.54 Å². The highest BCUT2D eigenvalue weighted by Crippen LogP contribution is 2.11. The molecule has 0 atom stereocenters. The van der Waals surface area contributed by atoms with E-state index in [1.807, 2.05) is 37.3 Å². The van der Waals surface area contributed by atoms with Gasteiger partial charge >= 0.3 is 5.97 Å². The fraction of sp³-hybridized carbons (Fsp3) is 0.294. The van der Waals surface area contributed by atoms with Gasteiger partial charge in [-0.3, -0.25) is 14.5 Å². The molecular weight excluding hydrogens is 296 g/mol. The van der Waals surface area contributed by atoms with Crippen LogP contribution in [0.2, 0.25) is 0 Å².